The van der Waals surface area contributed by atoms with Crippen LogP contribution >= 0.6 is 0 Å². The molecular formula is C10H14N4O. The lowest BCUT2D eigenvalue weighted by Crippen LogP contribution is -2.02. The molecule has 5 nitrogen and oxygen atoms in total. The van der Waals surface area contributed by atoms with Gasteiger partial charge < -0.3 is 10.3 Å². The molecular weight excluding hydrogens is 192 g/mol. The quantitative estimate of drug-likeness (QED) is 0.790. The average Bonchev–Trinajstić information content (AvgIpc) is 2.77. The number of nitrogens with two attached hydrogens (primary N) is 1. The largest absolute Gasteiger partial charge is 0.354 e. The number of aromatic nitrogens is 3. The Morgan fingerprint density at radius 2 is 2.27 bits per heavy atom. The van der Waals surface area contributed by atoms with Crippen molar-refractivity contribution in [1.29, 1.82) is 0 Å². The maximum Gasteiger partial charge on any atom is 0.190 e. The molecule has 2 heterocycles. The van der Waals surface area contributed by atoms with E-state index >= 15 is 0 Å². The van der Waals surface area contributed by atoms with E-state index in [-0.39, 0.29) is 0 Å². The van der Waals surface area contributed by atoms with Crippen LogP contribution in [0.3, 0.4) is 0 Å². The van der Waals surface area contributed by atoms with Crippen LogP contribution in [0.25, 0.3) is 11.5 Å². The summed E-state index contributed by atoms with van der Waals surface area (Å²) in [6, 6.07) is 0. The van der Waals surface area contributed by atoms with Gasteiger partial charge in [-0.15, -0.1) is 0 Å². The van der Waals surface area contributed by atoms with Crippen LogP contribution in [0.4, 0.5) is 0 Å². The molecule has 3 N–H and O–H groups in total. The summed E-state index contributed by atoms with van der Waals surface area (Å²) in [4.78, 5) is 0. The van der Waals surface area contributed by atoms with Crippen LogP contribution in [-0.4, -0.2) is 21.9 Å². The van der Waals surface area contributed by atoms with E-state index in [0.717, 1.165) is 34.7 Å². The SMILES string of the molecule is Cc1[nH]nc(-c2oncc2CCN)c1C. The van der Waals surface area contributed by atoms with Crippen molar-refractivity contribution in [2.24, 2.45) is 5.73 Å². The normalized spacial score (nSPS) is 10.9. The van der Waals surface area contributed by atoms with Gasteiger partial charge in [0.15, 0.2) is 5.76 Å². The fraction of sp³-hybridized carbons (Fsp3) is 0.400. The van der Waals surface area contributed by atoms with Crippen LogP contribution in [0, 0.1) is 13.8 Å². The molecule has 15 heavy (non-hydrogen) atoms. The van der Waals surface area contributed by atoms with Crippen LogP contribution in [-0.2, 0) is 6.42 Å². The fourth-order valence-electron chi connectivity index (χ4n) is 1.49. The van der Waals surface area contributed by atoms with Gasteiger partial charge in [0.05, 0.1) is 6.20 Å². The second kappa shape index (κ2) is 3.86. The van der Waals surface area contributed by atoms with Gasteiger partial charge in [0.2, 0.25) is 0 Å². The van der Waals surface area contributed by atoms with Gasteiger partial charge in [-0.1, -0.05) is 5.16 Å². The molecule has 0 aromatic carbocycles. The highest BCUT2D eigenvalue weighted by molar-refractivity contribution is 5.60. The smallest absolute Gasteiger partial charge is 0.190 e. The lowest BCUT2D eigenvalue weighted by Gasteiger charge is -1.97. The number of rotatable bonds is 3. The topological polar surface area (TPSA) is 80.7 Å². The zero-order chi connectivity index (χ0) is 10.8. The van der Waals surface area contributed by atoms with Crippen molar-refractivity contribution in [1.82, 2.24) is 15.4 Å². The van der Waals surface area contributed by atoms with E-state index in [1.165, 1.54) is 0 Å². The van der Waals surface area contributed by atoms with Crippen LogP contribution in [0.15, 0.2) is 10.7 Å². The number of nitrogens with one attached hydrogen (secondary N) is 1. The second-order valence-electron chi connectivity index (χ2n) is 3.54. The van der Waals surface area contributed by atoms with E-state index in [1.807, 2.05) is 13.8 Å². The molecule has 0 aliphatic heterocycles. The Kier molecular flexibility index (Phi) is 2.55. The van der Waals surface area contributed by atoms with Crippen molar-refractivity contribution in [3.05, 3.63) is 23.0 Å². The summed E-state index contributed by atoms with van der Waals surface area (Å²) in [6.07, 6.45) is 2.45. The second-order valence-corrected chi connectivity index (χ2v) is 3.54. The number of aromatic amines is 1. The van der Waals surface area contributed by atoms with Crippen LogP contribution in [0.2, 0.25) is 0 Å². The van der Waals surface area contributed by atoms with Crippen molar-refractivity contribution in [2.45, 2.75) is 20.3 Å². The monoisotopic (exact) mass is 206 g/mol. The Labute approximate surface area is 87.7 Å². The molecule has 2 aromatic heterocycles. The highest BCUT2D eigenvalue weighted by Gasteiger charge is 2.16. The highest BCUT2D eigenvalue weighted by Crippen LogP contribution is 2.26. The van der Waals surface area contributed by atoms with Gasteiger partial charge >= 0.3 is 0 Å². The van der Waals surface area contributed by atoms with E-state index < -0.39 is 0 Å². The maximum absolute atomic E-state index is 5.51. The number of hydrogen-bond acceptors (Lipinski definition) is 4. The predicted molar refractivity (Wildman–Crippen MR) is 56.3 cm³/mol. The van der Waals surface area contributed by atoms with Gasteiger partial charge in [-0.3, -0.25) is 5.10 Å². The highest BCUT2D eigenvalue weighted by atomic mass is 16.5. The minimum Gasteiger partial charge on any atom is -0.354 e. The first kappa shape index (κ1) is 9.92. The van der Waals surface area contributed by atoms with Gasteiger partial charge in [0.25, 0.3) is 0 Å². The summed E-state index contributed by atoms with van der Waals surface area (Å²) in [7, 11) is 0. The average molecular weight is 206 g/mol. The first-order valence-corrected chi connectivity index (χ1v) is 4.89. The molecule has 80 valence electrons. The molecule has 0 aliphatic rings. The van der Waals surface area contributed by atoms with Gasteiger partial charge in [-0.25, -0.2) is 0 Å². The molecule has 0 saturated heterocycles. The zero-order valence-electron chi connectivity index (χ0n) is 8.87. The summed E-state index contributed by atoms with van der Waals surface area (Å²) >= 11 is 0. The Morgan fingerprint density at radius 3 is 2.87 bits per heavy atom. The molecule has 0 spiro atoms. The van der Waals surface area contributed by atoms with Crippen molar-refractivity contribution in [3.8, 4) is 11.5 Å². The summed E-state index contributed by atoms with van der Waals surface area (Å²) in [6.45, 7) is 4.56. The molecule has 2 aromatic rings. The summed E-state index contributed by atoms with van der Waals surface area (Å²) in [5.41, 5.74) is 9.48. The molecule has 0 amide bonds. The van der Waals surface area contributed by atoms with Crippen LogP contribution in [0.5, 0.6) is 0 Å². The van der Waals surface area contributed by atoms with E-state index in [2.05, 4.69) is 15.4 Å². The summed E-state index contributed by atoms with van der Waals surface area (Å²) < 4.78 is 5.21. The van der Waals surface area contributed by atoms with Gasteiger partial charge in [0.1, 0.15) is 5.69 Å². The van der Waals surface area contributed by atoms with E-state index in [0.29, 0.717) is 6.54 Å². The number of nitrogens with zero attached hydrogens (tertiary/aromatic N) is 2. The number of hydrogen-bond donors (Lipinski definition) is 2. The van der Waals surface area contributed by atoms with Crippen LogP contribution < -0.4 is 5.73 Å². The third-order valence-corrected chi connectivity index (χ3v) is 2.53. The molecule has 5 heteroatoms. The standard InChI is InChI=1S/C10H14N4O/c1-6-7(2)13-14-9(6)10-8(3-4-11)5-12-15-10/h5H,3-4,11H2,1-2H3,(H,13,14). The van der Waals surface area contributed by atoms with Crippen molar-refractivity contribution >= 4 is 0 Å². The Morgan fingerprint density at radius 1 is 1.47 bits per heavy atom. The zero-order valence-corrected chi connectivity index (χ0v) is 8.87. The number of H-pyrrole nitrogens is 1. The molecule has 0 aliphatic carbocycles. The van der Waals surface area contributed by atoms with Crippen molar-refractivity contribution in [2.75, 3.05) is 6.54 Å². The molecule has 0 bridgehead atoms. The first-order valence-electron chi connectivity index (χ1n) is 4.89. The third-order valence-electron chi connectivity index (χ3n) is 2.53. The van der Waals surface area contributed by atoms with Gasteiger partial charge in [0, 0.05) is 16.8 Å². The molecule has 0 atom stereocenters. The summed E-state index contributed by atoms with van der Waals surface area (Å²) in [5.74, 6) is 0.724. The van der Waals surface area contributed by atoms with E-state index in [1.54, 1.807) is 6.20 Å². The third kappa shape index (κ3) is 1.66. The number of aryl methyl sites for hydroxylation is 1. The van der Waals surface area contributed by atoms with Crippen molar-refractivity contribution < 1.29 is 4.52 Å². The molecule has 0 unspecified atom stereocenters. The van der Waals surface area contributed by atoms with Gasteiger partial charge in [-0.2, -0.15) is 5.10 Å². The first-order chi connectivity index (χ1) is 7.24. The lowest BCUT2D eigenvalue weighted by molar-refractivity contribution is 0.430. The maximum atomic E-state index is 5.51. The fourth-order valence-corrected chi connectivity index (χ4v) is 1.49. The predicted octanol–water partition coefficient (Wildman–Crippen LogP) is 1.18. The minimum absolute atomic E-state index is 0.580. The molecule has 2 rings (SSSR count). The van der Waals surface area contributed by atoms with Crippen molar-refractivity contribution in [3.63, 3.8) is 0 Å². The van der Waals surface area contributed by atoms with E-state index in [4.69, 9.17) is 10.3 Å². The molecule has 0 fully saturated rings. The Bertz CT molecular complexity index is 458. The Hall–Kier alpha value is -1.62. The Balaban J connectivity index is 2.44. The lowest BCUT2D eigenvalue weighted by atomic mass is 10.1. The molecule has 0 saturated carbocycles. The summed E-state index contributed by atoms with van der Waals surface area (Å²) in [5, 5.41) is 10.9. The molecule has 0 radical (unpaired) electrons. The van der Waals surface area contributed by atoms with E-state index in [9.17, 15) is 0 Å². The van der Waals surface area contributed by atoms with Gasteiger partial charge in [-0.05, 0) is 26.8 Å². The van der Waals surface area contributed by atoms with Crippen LogP contribution in [0.1, 0.15) is 16.8 Å². The minimum atomic E-state index is 0.580.